The lowest BCUT2D eigenvalue weighted by molar-refractivity contribution is 0.340. The van der Waals surface area contributed by atoms with E-state index >= 15 is 0 Å². The van der Waals surface area contributed by atoms with Crippen molar-refractivity contribution in [2.45, 2.75) is 6.92 Å². The number of nitrogens with zero attached hydrogens (tertiary/aromatic N) is 2. The molecule has 31 heavy (non-hydrogen) atoms. The molecule has 0 aliphatic heterocycles. The predicted molar refractivity (Wildman–Crippen MR) is 124 cm³/mol. The summed E-state index contributed by atoms with van der Waals surface area (Å²) in [6.45, 7) is 2.43. The van der Waals surface area contributed by atoms with Crippen LogP contribution in [-0.2, 0) is 0 Å². The molecule has 0 aliphatic carbocycles. The summed E-state index contributed by atoms with van der Waals surface area (Å²) < 4.78 is 11.8. The molecule has 0 N–H and O–H groups in total. The Balaban J connectivity index is 1.87. The molecule has 3 aromatic carbocycles. The molecule has 4 nitrogen and oxygen atoms in total. The van der Waals surface area contributed by atoms with E-state index in [4.69, 9.17) is 20.8 Å². The molecule has 152 valence electrons. The van der Waals surface area contributed by atoms with Crippen LogP contribution >= 0.6 is 11.6 Å². The minimum Gasteiger partial charge on any atom is -0.493 e. The molecule has 0 fully saturated rings. The van der Waals surface area contributed by atoms with Crippen LogP contribution in [0, 0.1) is 11.3 Å². The number of ether oxygens (including phenoxy) is 1. The first kappa shape index (κ1) is 20.5. The van der Waals surface area contributed by atoms with E-state index in [1.54, 1.807) is 24.4 Å². The number of furan rings is 1. The second-order valence-corrected chi connectivity index (χ2v) is 7.14. The molecule has 0 spiro atoms. The van der Waals surface area contributed by atoms with E-state index in [0.29, 0.717) is 34.3 Å². The normalized spacial score (nSPS) is 10.9. The zero-order valence-corrected chi connectivity index (χ0v) is 17.6. The van der Waals surface area contributed by atoms with Gasteiger partial charge in [0.2, 0.25) is 5.88 Å². The molecule has 1 heterocycles. The summed E-state index contributed by atoms with van der Waals surface area (Å²) in [6.07, 6.45) is 1.61. The van der Waals surface area contributed by atoms with Crippen molar-refractivity contribution < 1.29 is 9.15 Å². The number of nitriles is 1. The fraction of sp³-hybridized carbons (Fsp3) is 0.0769. The molecule has 0 saturated heterocycles. The third kappa shape index (κ3) is 4.37. The highest BCUT2D eigenvalue weighted by Crippen LogP contribution is 2.42. The fourth-order valence-electron chi connectivity index (χ4n) is 3.32. The smallest absolute Gasteiger partial charge is 0.238 e. The lowest BCUT2D eigenvalue weighted by Crippen LogP contribution is -1.95. The largest absolute Gasteiger partial charge is 0.493 e. The van der Waals surface area contributed by atoms with E-state index in [1.807, 2.05) is 67.6 Å². The van der Waals surface area contributed by atoms with Gasteiger partial charge in [-0.3, -0.25) is 0 Å². The van der Waals surface area contributed by atoms with E-state index in [-0.39, 0.29) is 5.88 Å². The molecular formula is C26H19ClN2O2. The van der Waals surface area contributed by atoms with Gasteiger partial charge < -0.3 is 9.15 Å². The van der Waals surface area contributed by atoms with E-state index in [0.717, 1.165) is 16.7 Å². The Morgan fingerprint density at radius 2 is 1.68 bits per heavy atom. The topological polar surface area (TPSA) is 58.5 Å². The molecule has 0 radical (unpaired) electrons. The average molecular weight is 427 g/mol. The Kier molecular flexibility index (Phi) is 6.16. The van der Waals surface area contributed by atoms with Crippen LogP contribution in [0.15, 0.2) is 88.3 Å². The monoisotopic (exact) mass is 426 g/mol. The van der Waals surface area contributed by atoms with Crippen molar-refractivity contribution in [3.05, 3.63) is 95.0 Å². The number of rotatable bonds is 6. The Morgan fingerprint density at radius 3 is 2.32 bits per heavy atom. The number of hydrogen-bond acceptors (Lipinski definition) is 4. The van der Waals surface area contributed by atoms with Crippen molar-refractivity contribution in [1.82, 2.24) is 0 Å². The van der Waals surface area contributed by atoms with Gasteiger partial charge in [-0.05, 0) is 30.7 Å². The van der Waals surface area contributed by atoms with Crippen molar-refractivity contribution >= 4 is 23.7 Å². The number of halogens is 1. The van der Waals surface area contributed by atoms with Gasteiger partial charge in [0, 0.05) is 27.9 Å². The Hall–Kier alpha value is -3.81. The summed E-state index contributed by atoms with van der Waals surface area (Å²) in [7, 11) is 0. The van der Waals surface area contributed by atoms with Crippen LogP contribution in [0.3, 0.4) is 0 Å². The summed E-state index contributed by atoms with van der Waals surface area (Å²) in [5, 5.41) is 10.5. The predicted octanol–water partition coefficient (Wildman–Crippen LogP) is 7.29. The molecule has 0 atom stereocenters. The lowest BCUT2D eigenvalue weighted by Gasteiger charge is -2.06. The quantitative estimate of drug-likeness (QED) is 0.304. The van der Waals surface area contributed by atoms with Gasteiger partial charge >= 0.3 is 0 Å². The number of aliphatic imine (C=N–C) groups is 1. The molecule has 0 saturated carbocycles. The van der Waals surface area contributed by atoms with Crippen molar-refractivity contribution in [3.8, 4) is 34.3 Å². The lowest BCUT2D eigenvalue weighted by atomic mass is 9.98. The van der Waals surface area contributed by atoms with E-state index in [1.165, 1.54) is 0 Å². The summed E-state index contributed by atoms with van der Waals surface area (Å²) in [4.78, 5) is 4.51. The second-order valence-electron chi connectivity index (χ2n) is 6.70. The molecule has 0 unspecified atom stereocenters. The molecule has 0 bridgehead atoms. The molecule has 0 amide bonds. The highest BCUT2D eigenvalue weighted by atomic mass is 35.5. The Bertz CT molecular complexity index is 1260. The maximum Gasteiger partial charge on any atom is 0.238 e. The summed E-state index contributed by atoms with van der Waals surface area (Å²) in [6, 6.07) is 27.0. The summed E-state index contributed by atoms with van der Waals surface area (Å²) >= 11 is 6.15. The number of benzene rings is 3. The van der Waals surface area contributed by atoms with Gasteiger partial charge in [0.15, 0.2) is 0 Å². The maximum atomic E-state index is 9.97. The SMILES string of the molecule is CCOc1ccc(Cl)cc1C=Nc1oc(-c2ccccc2)c(-c2ccccc2)c1C#N. The first-order valence-electron chi connectivity index (χ1n) is 9.85. The summed E-state index contributed by atoms with van der Waals surface area (Å²) in [5.74, 6) is 1.50. The minimum atomic E-state index is 0.239. The first-order valence-corrected chi connectivity index (χ1v) is 10.2. The van der Waals surface area contributed by atoms with Gasteiger partial charge in [-0.2, -0.15) is 5.26 Å². The van der Waals surface area contributed by atoms with Crippen LogP contribution in [0.5, 0.6) is 5.75 Å². The van der Waals surface area contributed by atoms with Crippen LogP contribution in [0.2, 0.25) is 5.02 Å². The van der Waals surface area contributed by atoms with Gasteiger partial charge in [-0.15, -0.1) is 0 Å². The molecule has 4 rings (SSSR count). The van der Waals surface area contributed by atoms with Gasteiger partial charge in [-0.1, -0.05) is 72.3 Å². The van der Waals surface area contributed by atoms with Gasteiger partial charge in [0.25, 0.3) is 0 Å². The van der Waals surface area contributed by atoms with Crippen LogP contribution < -0.4 is 4.74 Å². The molecular weight excluding hydrogens is 408 g/mol. The standard InChI is InChI=1S/C26H19ClN2O2/c1-2-30-23-14-13-21(27)15-20(23)17-29-26-22(16-28)24(18-9-5-3-6-10-18)25(31-26)19-11-7-4-8-12-19/h3-15,17H,2H2,1H3. The zero-order valence-electron chi connectivity index (χ0n) is 16.9. The third-order valence-electron chi connectivity index (χ3n) is 4.69. The Labute approximate surface area is 186 Å². The number of hydrogen-bond donors (Lipinski definition) is 0. The van der Waals surface area contributed by atoms with Crippen LogP contribution in [0.4, 0.5) is 5.88 Å². The van der Waals surface area contributed by atoms with Gasteiger partial charge in [-0.25, -0.2) is 4.99 Å². The van der Waals surface area contributed by atoms with Gasteiger partial charge in [0.05, 0.1) is 6.61 Å². The van der Waals surface area contributed by atoms with E-state index in [2.05, 4.69) is 11.1 Å². The minimum absolute atomic E-state index is 0.239. The van der Waals surface area contributed by atoms with Crippen molar-refractivity contribution in [2.75, 3.05) is 6.61 Å². The maximum absolute atomic E-state index is 9.97. The highest BCUT2D eigenvalue weighted by Gasteiger charge is 2.22. The van der Waals surface area contributed by atoms with E-state index < -0.39 is 0 Å². The molecule has 0 aliphatic rings. The molecule has 1 aromatic heterocycles. The van der Waals surface area contributed by atoms with E-state index in [9.17, 15) is 5.26 Å². The first-order chi connectivity index (χ1) is 15.2. The van der Waals surface area contributed by atoms with Crippen molar-refractivity contribution in [2.24, 2.45) is 4.99 Å². The molecule has 4 aromatic rings. The zero-order chi connectivity index (χ0) is 21.6. The average Bonchev–Trinajstić information content (AvgIpc) is 3.19. The van der Waals surface area contributed by atoms with Crippen molar-refractivity contribution in [3.63, 3.8) is 0 Å². The van der Waals surface area contributed by atoms with Crippen LogP contribution in [-0.4, -0.2) is 12.8 Å². The second kappa shape index (κ2) is 9.34. The fourth-order valence-corrected chi connectivity index (χ4v) is 3.50. The van der Waals surface area contributed by atoms with Crippen molar-refractivity contribution in [1.29, 1.82) is 5.26 Å². The Morgan fingerprint density at radius 1 is 1.00 bits per heavy atom. The summed E-state index contributed by atoms with van der Waals surface area (Å²) in [5.41, 5.74) is 3.56. The highest BCUT2D eigenvalue weighted by molar-refractivity contribution is 6.30. The van der Waals surface area contributed by atoms with Crippen LogP contribution in [0.25, 0.3) is 22.5 Å². The third-order valence-corrected chi connectivity index (χ3v) is 4.93. The molecule has 5 heteroatoms. The van der Waals surface area contributed by atoms with Gasteiger partial charge in [0.1, 0.15) is 23.1 Å². The van der Waals surface area contributed by atoms with Crippen LogP contribution in [0.1, 0.15) is 18.1 Å².